The molecule has 4 amide bonds. The van der Waals surface area contributed by atoms with Crippen molar-refractivity contribution in [1.82, 2.24) is 25.3 Å². The van der Waals surface area contributed by atoms with Crippen LogP contribution in [0.25, 0.3) is 0 Å². The molecule has 1 saturated heterocycles. The Morgan fingerprint density at radius 1 is 1.10 bits per heavy atom. The molecular weight excluding hydrogens is 520 g/mol. The molecule has 0 radical (unpaired) electrons. The molecule has 2 aliphatic carbocycles. The number of aromatic nitrogens is 2. The average Bonchev–Trinajstić information content (AvgIpc) is 3.79. The van der Waals surface area contributed by atoms with Crippen LogP contribution in [0.3, 0.4) is 0 Å². The van der Waals surface area contributed by atoms with Gasteiger partial charge in [0.15, 0.2) is 0 Å². The highest BCUT2D eigenvalue weighted by Crippen LogP contribution is 2.51. The van der Waals surface area contributed by atoms with Crippen molar-refractivity contribution in [3.63, 3.8) is 0 Å². The van der Waals surface area contributed by atoms with E-state index in [9.17, 15) is 14.4 Å². The second kappa shape index (κ2) is 10.4. The van der Waals surface area contributed by atoms with Gasteiger partial charge in [0.25, 0.3) is 5.91 Å². The van der Waals surface area contributed by atoms with E-state index < -0.39 is 6.04 Å². The van der Waals surface area contributed by atoms with E-state index in [0.29, 0.717) is 42.1 Å². The van der Waals surface area contributed by atoms with Crippen LogP contribution in [0.15, 0.2) is 30.5 Å². The van der Waals surface area contributed by atoms with E-state index in [4.69, 9.17) is 4.74 Å². The molecule has 220 valence electrons. The molecule has 0 unspecified atom stereocenters. The average molecular weight is 563 g/mol. The Morgan fingerprint density at radius 2 is 1.80 bits per heavy atom. The summed E-state index contributed by atoms with van der Waals surface area (Å²) >= 11 is 0. The molecule has 41 heavy (non-hydrogen) atoms. The molecule has 3 fully saturated rings. The first kappa shape index (κ1) is 27.6. The Bertz CT molecular complexity index is 1330. The number of nitrogens with one attached hydrogen (secondary N) is 3. The van der Waals surface area contributed by atoms with Crippen LogP contribution in [0.4, 0.5) is 10.5 Å². The van der Waals surface area contributed by atoms with Gasteiger partial charge < -0.3 is 25.6 Å². The molecule has 1 aromatic heterocycles. The van der Waals surface area contributed by atoms with Gasteiger partial charge in [0, 0.05) is 36.1 Å². The predicted molar refractivity (Wildman–Crippen MR) is 155 cm³/mol. The molecule has 2 aliphatic heterocycles. The van der Waals surface area contributed by atoms with Crippen LogP contribution < -0.4 is 20.7 Å². The summed E-state index contributed by atoms with van der Waals surface area (Å²) in [6, 6.07) is 6.54. The third kappa shape index (κ3) is 5.53. The van der Waals surface area contributed by atoms with Crippen molar-refractivity contribution in [3.05, 3.63) is 41.7 Å². The van der Waals surface area contributed by atoms with E-state index in [1.54, 1.807) is 16.9 Å². The van der Waals surface area contributed by atoms with Crippen LogP contribution in [0.2, 0.25) is 0 Å². The highest BCUT2D eigenvalue weighted by atomic mass is 16.5. The highest BCUT2D eigenvalue weighted by Gasteiger charge is 2.49. The van der Waals surface area contributed by atoms with E-state index >= 15 is 0 Å². The van der Waals surface area contributed by atoms with Crippen LogP contribution in [-0.4, -0.2) is 57.8 Å². The molecule has 0 spiro atoms. The van der Waals surface area contributed by atoms with Gasteiger partial charge in [-0.1, -0.05) is 26.8 Å². The summed E-state index contributed by atoms with van der Waals surface area (Å²) in [5.41, 5.74) is 1.97. The summed E-state index contributed by atoms with van der Waals surface area (Å²) in [4.78, 5) is 41.9. The summed E-state index contributed by atoms with van der Waals surface area (Å²) in [5, 5.41) is 13.6. The summed E-state index contributed by atoms with van der Waals surface area (Å²) in [5.74, 6) is 1.22. The van der Waals surface area contributed by atoms with Crippen molar-refractivity contribution in [2.45, 2.75) is 84.5 Å². The zero-order valence-corrected chi connectivity index (χ0v) is 24.6. The molecule has 3 atom stereocenters. The first-order valence-corrected chi connectivity index (χ1v) is 15.0. The van der Waals surface area contributed by atoms with Gasteiger partial charge in [-0.05, 0) is 74.8 Å². The maximum atomic E-state index is 13.8. The normalized spacial score (nSPS) is 22.9. The lowest BCUT2D eigenvalue weighted by Crippen LogP contribution is -2.50. The van der Waals surface area contributed by atoms with Crippen LogP contribution in [0, 0.1) is 23.2 Å². The fourth-order valence-electron chi connectivity index (χ4n) is 6.41. The zero-order valence-electron chi connectivity index (χ0n) is 24.6. The van der Waals surface area contributed by atoms with E-state index in [2.05, 4.69) is 41.8 Å². The molecular formula is C31H42N6O4. The van der Waals surface area contributed by atoms with E-state index in [-0.39, 0.29) is 47.3 Å². The number of nitrogens with zero attached hydrogens (tertiary/aromatic N) is 3. The predicted octanol–water partition coefficient (Wildman–Crippen LogP) is 4.51. The van der Waals surface area contributed by atoms with Crippen molar-refractivity contribution in [2.75, 3.05) is 18.5 Å². The monoisotopic (exact) mass is 562 g/mol. The number of carbonyl (C=O) groups is 3. The standard InChI is InChI=1S/C31H42N6O4/c1-17(2)37-22(12-13-32-37)28(38)35-27(26(18-6-7-18)19-8-9-19)29(39)33-20-10-11-21-23(16-41-24(21)14-20)36-15-25(31(3,4)5)34-30(36)40/h10-14,17-19,23,25-27H,6-9,15-16H2,1-5H3,(H,33,39)(H,34,40)(H,35,38)/t23-,25+,27+/m1/s1. The lowest BCUT2D eigenvalue weighted by molar-refractivity contribution is -0.119. The van der Waals surface area contributed by atoms with Crippen molar-refractivity contribution in [3.8, 4) is 5.75 Å². The number of urea groups is 1. The number of rotatable bonds is 9. The lowest BCUT2D eigenvalue weighted by Gasteiger charge is -2.28. The van der Waals surface area contributed by atoms with Crippen LogP contribution in [0.1, 0.15) is 88.4 Å². The molecule has 3 N–H and O–H groups in total. The number of fused-ring (bicyclic) bond motifs is 1. The Hall–Kier alpha value is -3.56. The van der Waals surface area contributed by atoms with Crippen molar-refractivity contribution in [2.24, 2.45) is 23.2 Å². The van der Waals surface area contributed by atoms with Crippen molar-refractivity contribution < 1.29 is 19.1 Å². The molecule has 3 heterocycles. The minimum Gasteiger partial charge on any atom is -0.491 e. The summed E-state index contributed by atoms with van der Waals surface area (Å²) in [6.45, 7) is 11.3. The smallest absolute Gasteiger partial charge is 0.318 e. The van der Waals surface area contributed by atoms with Gasteiger partial charge in [0.05, 0.1) is 12.1 Å². The minimum atomic E-state index is -0.637. The van der Waals surface area contributed by atoms with E-state index in [1.165, 1.54) is 0 Å². The zero-order chi connectivity index (χ0) is 29.1. The molecule has 6 rings (SSSR count). The molecule has 2 aromatic rings. The molecule has 2 saturated carbocycles. The largest absolute Gasteiger partial charge is 0.491 e. The van der Waals surface area contributed by atoms with Gasteiger partial charge in [0.1, 0.15) is 24.1 Å². The summed E-state index contributed by atoms with van der Waals surface area (Å²) in [7, 11) is 0. The van der Waals surface area contributed by atoms with Gasteiger partial charge in [-0.25, -0.2) is 4.79 Å². The molecule has 10 heteroatoms. The molecule has 10 nitrogen and oxygen atoms in total. The lowest BCUT2D eigenvalue weighted by atomic mass is 9.87. The number of benzene rings is 1. The maximum absolute atomic E-state index is 13.8. The van der Waals surface area contributed by atoms with Gasteiger partial charge in [0.2, 0.25) is 5.91 Å². The quantitative estimate of drug-likeness (QED) is 0.416. The number of anilines is 1. The van der Waals surface area contributed by atoms with Gasteiger partial charge in [-0.3, -0.25) is 14.3 Å². The van der Waals surface area contributed by atoms with Gasteiger partial charge in [-0.2, -0.15) is 5.10 Å². The summed E-state index contributed by atoms with van der Waals surface area (Å²) < 4.78 is 7.70. The fraction of sp³-hybridized carbons (Fsp3) is 0.613. The first-order valence-electron chi connectivity index (χ1n) is 15.0. The van der Waals surface area contributed by atoms with E-state index in [0.717, 1.165) is 31.2 Å². The third-order valence-electron chi connectivity index (χ3n) is 9.07. The SMILES string of the molecule is CC(C)n1nccc1C(=O)N[C@H](C(=O)Nc1ccc2c(c1)OC[C@H]2N1C[C@@H](C(C)(C)C)NC1=O)C(C1CC1)C1CC1. The highest BCUT2D eigenvalue weighted by molar-refractivity contribution is 6.01. The number of amides is 4. The minimum absolute atomic E-state index is 0.0295. The maximum Gasteiger partial charge on any atom is 0.318 e. The van der Waals surface area contributed by atoms with Gasteiger partial charge >= 0.3 is 6.03 Å². The summed E-state index contributed by atoms with van der Waals surface area (Å²) in [6.07, 6.45) is 6.01. The second-order valence-electron chi connectivity index (χ2n) is 13.5. The molecule has 4 aliphatic rings. The van der Waals surface area contributed by atoms with Crippen LogP contribution in [-0.2, 0) is 4.79 Å². The van der Waals surface area contributed by atoms with E-state index in [1.807, 2.05) is 36.9 Å². The second-order valence-corrected chi connectivity index (χ2v) is 13.5. The Labute approximate surface area is 241 Å². The fourth-order valence-corrected chi connectivity index (χ4v) is 6.41. The van der Waals surface area contributed by atoms with Crippen LogP contribution >= 0.6 is 0 Å². The first-order chi connectivity index (χ1) is 19.5. The Balaban J connectivity index is 1.19. The number of hydrogen-bond donors (Lipinski definition) is 3. The topological polar surface area (TPSA) is 118 Å². The van der Waals surface area contributed by atoms with Gasteiger partial charge in [-0.15, -0.1) is 0 Å². The van der Waals surface area contributed by atoms with Crippen LogP contribution in [0.5, 0.6) is 5.75 Å². The number of ether oxygens (including phenoxy) is 1. The molecule has 0 bridgehead atoms. The number of carbonyl (C=O) groups excluding carboxylic acids is 3. The number of hydrogen-bond acceptors (Lipinski definition) is 5. The van der Waals surface area contributed by atoms with Crippen molar-refractivity contribution in [1.29, 1.82) is 0 Å². The Kier molecular flexibility index (Phi) is 6.98. The van der Waals surface area contributed by atoms with Crippen molar-refractivity contribution >= 4 is 23.5 Å². The third-order valence-corrected chi connectivity index (χ3v) is 9.07. The Morgan fingerprint density at radius 3 is 2.41 bits per heavy atom. The molecule has 1 aromatic carbocycles.